The summed E-state index contributed by atoms with van der Waals surface area (Å²) in [6.07, 6.45) is 1.09. The standard InChI is InChI=1S/C11H14BrNO2S/c1-3-8(2)7-16-11-5-4-9(12)6-10(11)13(14)15/h4-6,8H,3,7H2,1-2H3. The lowest BCUT2D eigenvalue weighted by molar-refractivity contribution is -0.387. The molecule has 0 aliphatic carbocycles. The second kappa shape index (κ2) is 6.25. The molecule has 88 valence electrons. The fourth-order valence-corrected chi connectivity index (χ4v) is 2.60. The van der Waals surface area contributed by atoms with Crippen LogP contribution in [0.1, 0.15) is 20.3 Å². The molecule has 0 heterocycles. The van der Waals surface area contributed by atoms with E-state index in [9.17, 15) is 10.1 Å². The highest BCUT2D eigenvalue weighted by Crippen LogP contribution is 2.32. The van der Waals surface area contributed by atoms with Gasteiger partial charge in [0.1, 0.15) is 0 Å². The van der Waals surface area contributed by atoms with E-state index in [-0.39, 0.29) is 10.6 Å². The summed E-state index contributed by atoms with van der Waals surface area (Å²) >= 11 is 4.80. The van der Waals surface area contributed by atoms with Crippen LogP contribution in [-0.4, -0.2) is 10.7 Å². The van der Waals surface area contributed by atoms with Crippen LogP contribution >= 0.6 is 27.7 Å². The van der Waals surface area contributed by atoms with Gasteiger partial charge < -0.3 is 0 Å². The first-order valence-corrected chi connectivity index (χ1v) is 6.89. The molecule has 5 heteroatoms. The van der Waals surface area contributed by atoms with Crippen molar-refractivity contribution in [3.05, 3.63) is 32.8 Å². The molecule has 1 atom stereocenters. The van der Waals surface area contributed by atoms with Gasteiger partial charge in [-0.2, -0.15) is 0 Å². The summed E-state index contributed by atoms with van der Waals surface area (Å²) in [6.45, 7) is 4.28. The normalized spacial score (nSPS) is 12.4. The van der Waals surface area contributed by atoms with Gasteiger partial charge in [-0.25, -0.2) is 0 Å². The molecule has 0 saturated heterocycles. The minimum atomic E-state index is -0.330. The van der Waals surface area contributed by atoms with Crippen LogP contribution in [0.2, 0.25) is 0 Å². The summed E-state index contributed by atoms with van der Waals surface area (Å²) in [5, 5.41) is 10.9. The van der Waals surface area contributed by atoms with E-state index in [0.717, 1.165) is 21.5 Å². The van der Waals surface area contributed by atoms with Gasteiger partial charge in [-0.05, 0) is 18.1 Å². The fourth-order valence-electron chi connectivity index (χ4n) is 1.11. The topological polar surface area (TPSA) is 43.1 Å². The molecular weight excluding hydrogens is 290 g/mol. The molecule has 1 aromatic rings. The quantitative estimate of drug-likeness (QED) is 0.457. The summed E-state index contributed by atoms with van der Waals surface area (Å²) in [5.74, 6) is 1.49. The van der Waals surface area contributed by atoms with Gasteiger partial charge in [0.05, 0.1) is 9.82 Å². The number of nitro benzene ring substituents is 1. The second-order valence-corrected chi connectivity index (χ2v) is 5.67. The van der Waals surface area contributed by atoms with Gasteiger partial charge in [0.15, 0.2) is 0 Å². The average Bonchev–Trinajstić information content (AvgIpc) is 2.26. The van der Waals surface area contributed by atoms with Crippen LogP contribution in [0, 0.1) is 16.0 Å². The van der Waals surface area contributed by atoms with Gasteiger partial charge in [-0.15, -0.1) is 11.8 Å². The highest BCUT2D eigenvalue weighted by molar-refractivity contribution is 9.10. The van der Waals surface area contributed by atoms with Gasteiger partial charge in [0.25, 0.3) is 5.69 Å². The maximum absolute atomic E-state index is 10.9. The third-order valence-corrected chi connectivity index (χ3v) is 4.22. The molecule has 16 heavy (non-hydrogen) atoms. The number of halogens is 1. The minimum absolute atomic E-state index is 0.183. The Kier molecular flexibility index (Phi) is 5.28. The van der Waals surface area contributed by atoms with Crippen LogP contribution in [-0.2, 0) is 0 Å². The first kappa shape index (κ1) is 13.5. The number of nitrogens with zero attached hydrogens (tertiary/aromatic N) is 1. The zero-order valence-corrected chi connectivity index (χ0v) is 11.7. The Labute approximate surface area is 108 Å². The second-order valence-electron chi connectivity index (χ2n) is 3.69. The lowest BCUT2D eigenvalue weighted by atomic mass is 10.2. The Morgan fingerprint density at radius 2 is 2.25 bits per heavy atom. The Balaban J connectivity index is 2.82. The third-order valence-electron chi connectivity index (χ3n) is 2.34. The maximum Gasteiger partial charge on any atom is 0.283 e. The van der Waals surface area contributed by atoms with Crippen LogP contribution in [0.15, 0.2) is 27.6 Å². The van der Waals surface area contributed by atoms with Crippen molar-refractivity contribution >= 4 is 33.4 Å². The molecule has 0 bridgehead atoms. The number of hydrogen-bond acceptors (Lipinski definition) is 3. The summed E-state index contributed by atoms with van der Waals surface area (Å²) in [6, 6.07) is 5.19. The van der Waals surface area contributed by atoms with E-state index < -0.39 is 0 Å². The zero-order chi connectivity index (χ0) is 12.1. The first-order valence-electron chi connectivity index (χ1n) is 5.11. The third kappa shape index (κ3) is 3.79. The van der Waals surface area contributed by atoms with Gasteiger partial charge in [0, 0.05) is 16.3 Å². The van der Waals surface area contributed by atoms with Crippen LogP contribution in [0.25, 0.3) is 0 Å². The minimum Gasteiger partial charge on any atom is -0.258 e. The van der Waals surface area contributed by atoms with Gasteiger partial charge in [-0.1, -0.05) is 36.2 Å². The molecule has 0 aromatic heterocycles. The molecule has 0 aliphatic rings. The van der Waals surface area contributed by atoms with E-state index >= 15 is 0 Å². The van der Waals surface area contributed by atoms with Crippen LogP contribution < -0.4 is 0 Å². The van der Waals surface area contributed by atoms with Gasteiger partial charge in [-0.3, -0.25) is 10.1 Å². The van der Waals surface area contributed by atoms with E-state index in [2.05, 4.69) is 29.8 Å². The maximum atomic E-state index is 10.9. The van der Waals surface area contributed by atoms with Crippen molar-refractivity contribution in [1.82, 2.24) is 0 Å². The van der Waals surface area contributed by atoms with Crippen molar-refractivity contribution < 1.29 is 4.92 Å². The molecule has 1 rings (SSSR count). The SMILES string of the molecule is CCC(C)CSc1ccc(Br)cc1[N+](=O)[O-]. The molecule has 1 aromatic carbocycles. The van der Waals surface area contributed by atoms with Crippen LogP contribution in [0.5, 0.6) is 0 Å². The van der Waals surface area contributed by atoms with E-state index in [0.29, 0.717) is 5.92 Å². The molecule has 0 N–H and O–H groups in total. The molecular formula is C11H14BrNO2S. The summed E-state index contributed by atoms with van der Waals surface area (Å²) in [5.41, 5.74) is 0.183. The Bertz CT molecular complexity index is 384. The van der Waals surface area contributed by atoms with Crippen LogP contribution in [0.3, 0.4) is 0 Å². The van der Waals surface area contributed by atoms with E-state index in [1.807, 2.05) is 6.07 Å². The Morgan fingerprint density at radius 3 is 2.81 bits per heavy atom. The highest BCUT2D eigenvalue weighted by atomic mass is 79.9. The summed E-state index contributed by atoms with van der Waals surface area (Å²) in [7, 11) is 0. The number of rotatable bonds is 5. The lowest BCUT2D eigenvalue weighted by Crippen LogP contribution is -1.97. The van der Waals surface area contributed by atoms with E-state index in [1.54, 1.807) is 23.9 Å². The van der Waals surface area contributed by atoms with Crippen molar-refractivity contribution in [2.24, 2.45) is 5.92 Å². The number of thioether (sulfide) groups is 1. The molecule has 0 fully saturated rings. The molecule has 0 aliphatic heterocycles. The monoisotopic (exact) mass is 303 g/mol. The highest BCUT2D eigenvalue weighted by Gasteiger charge is 2.15. The van der Waals surface area contributed by atoms with Crippen molar-refractivity contribution in [3.8, 4) is 0 Å². The van der Waals surface area contributed by atoms with Crippen molar-refractivity contribution in [2.75, 3.05) is 5.75 Å². The van der Waals surface area contributed by atoms with Crippen molar-refractivity contribution in [1.29, 1.82) is 0 Å². The predicted octanol–water partition coefficient (Wildman–Crippen LogP) is 4.50. The zero-order valence-electron chi connectivity index (χ0n) is 9.27. The first-order chi connectivity index (χ1) is 7.54. The molecule has 0 radical (unpaired) electrons. The van der Waals surface area contributed by atoms with E-state index in [4.69, 9.17) is 0 Å². The molecule has 0 spiro atoms. The van der Waals surface area contributed by atoms with Gasteiger partial charge >= 0.3 is 0 Å². The van der Waals surface area contributed by atoms with E-state index in [1.165, 1.54) is 0 Å². The Hall–Kier alpha value is -0.550. The summed E-state index contributed by atoms with van der Waals surface area (Å²) < 4.78 is 0.743. The van der Waals surface area contributed by atoms with Gasteiger partial charge in [0.2, 0.25) is 0 Å². The number of nitro groups is 1. The van der Waals surface area contributed by atoms with Crippen molar-refractivity contribution in [3.63, 3.8) is 0 Å². The predicted molar refractivity (Wildman–Crippen MR) is 71.0 cm³/mol. The number of benzene rings is 1. The molecule has 1 unspecified atom stereocenters. The smallest absolute Gasteiger partial charge is 0.258 e. The average molecular weight is 304 g/mol. The molecule has 0 saturated carbocycles. The molecule has 3 nitrogen and oxygen atoms in total. The number of hydrogen-bond donors (Lipinski definition) is 0. The van der Waals surface area contributed by atoms with Crippen molar-refractivity contribution in [2.45, 2.75) is 25.2 Å². The van der Waals surface area contributed by atoms with Crippen LogP contribution in [0.4, 0.5) is 5.69 Å². The Morgan fingerprint density at radius 1 is 1.56 bits per heavy atom. The molecule has 0 amide bonds. The fraction of sp³-hybridized carbons (Fsp3) is 0.455. The summed E-state index contributed by atoms with van der Waals surface area (Å²) in [4.78, 5) is 11.3. The lowest BCUT2D eigenvalue weighted by Gasteiger charge is -2.08. The largest absolute Gasteiger partial charge is 0.283 e.